The zero-order valence-electron chi connectivity index (χ0n) is 13.1. The number of hydrogen-bond acceptors (Lipinski definition) is 2. The number of H-pyrrole nitrogens is 1. The minimum absolute atomic E-state index is 0.0830. The number of fused-ring (bicyclic) bond motifs is 3. The van der Waals surface area contributed by atoms with Gasteiger partial charge in [-0.05, 0) is 38.5 Å². The van der Waals surface area contributed by atoms with Crippen LogP contribution in [0.3, 0.4) is 0 Å². The third-order valence-corrected chi connectivity index (χ3v) is 3.83. The van der Waals surface area contributed by atoms with Crippen molar-refractivity contribution < 1.29 is 9.50 Å². The number of hydrogen-bond donors (Lipinski definition) is 3. The predicted octanol–water partition coefficient (Wildman–Crippen LogP) is 3.88. The van der Waals surface area contributed by atoms with Gasteiger partial charge in [-0.3, -0.25) is 0 Å². The Kier molecular flexibility index (Phi) is 3.67. The molecule has 1 aromatic heterocycles. The van der Waals surface area contributed by atoms with Crippen molar-refractivity contribution in [2.45, 2.75) is 32.4 Å². The highest BCUT2D eigenvalue weighted by atomic mass is 19.1. The van der Waals surface area contributed by atoms with Gasteiger partial charge in [-0.1, -0.05) is 24.3 Å². The summed E-state index contributed by atoms with van der Waals surface area (Å²) in [4.78, 5) is 3.11. The third kappa shape index (κ3) is 2.72. The van der Waals surface area contributed by atoms with Crippen LogP contribution in [0.4, 0.5) is 4.39 Å². The Hall–Kier alpha value is -1.91. The number of aromatic nitrogens is 1. The molecule has 116 valence electrons. The fourth-order valence-corrected chi connectivity index (χ4v) is 2.74. The van der Waals surface area contributed by atoms with Crippen LogP contribution >= 0.6 is 0 Å². The molecule has 22 heavy (non-hydrogen) atoms. The van der Waals surface area contributed by atoms with Gasteiger partial charge in [-0.2, -0.15) is 0 Å². The van der Waals surface area contributed by atoms with Crippen LogP contribution in [0.2, 0.25) is 0 Å². The Labute approximate surface area is 129 Å². The standard InChI is InChI=1S/C18H21FN2O/c1-18(2,3)20-10-15(22)12-8-9-13(19)17-16(12)11-6-4-5-7-14(11)21-17/h4-9,15,20-22H,10H2,1-3H3/t15-/m0/s1. The van der Waals surface area contributed by atoms with Gasteiger partial charge in [0.05, 0.1) is 11.6 Å². The van der Waals surface area contributed by atoms with Crippen molar-refractivity contribution in [2.24, 2.45) is 0 Å². The van der Waals surface area contributed by atoms with Gasteiger partial charge in [-0.25, -0.2) is 4.39 Å². The molecule has 0 unspecified atom stereocenters. The van der Waals surface area contributed by atoms with Crippen LogP contribution in [-0.2, 0) is 0 Å². The lowest BCUT2D eigenvalue weighted by Crippen LogP contribution is -2.38. The molecule has 0 spiro atoms. The number of aromatic amines is 1. The topological polar surface area (TPSA) is 48.0 Å². The minimum atomic E-state index is -0.693. The molecular weight excluding hydrogens is 279 g/mol. The molecule has 0 radical (unpaired) electrons. The van der Waals surface area contributed by atoms with Crippen molar-refractivity contribution in [3.8, 4) is 0 Å². The summed E-state index contributed by atoms with van der Waals surface area (Å²) in [7, 11) is 0. The van der Waals surface area contributed by atoms with E-state index in [1.165, 1.54) is 6.07 Å². The fourth-order valence-electron chi connectivity index (χ4n) is 2.74. The summed E-state index contributed by atoms with van der Waals surface area (Å²) in [6.45, 7) is 6.56. The lowest BCUT2D eigenvalue weighted by Gasteiger charge is -2.23. The molecule has 3 N–H and O–H groups in total. The maximum absolute atomic E-state index is 14.1. The highest BCUT2D eigenvalue weighted by Crippen LogP contribution is 2.33. The number of rotatable bonds is 3. The van der Waals surface area contributed by atoms with Crippen LogP contribution in [0.1, 0.15) is 32.4 Å². The zero-order valence-corrected chi connectivity index (χ0v) is 13.1. The van der Waals surface area contributed by atoms with Gasteiger partial charge in [0, 0.05) is 28.4 Å². The van der Waals surface area contributed by atoms with Gasteiger partial charge in [0.2, 0.25) is 0 Å². The van der Waals surface area contributed by atoms with E-state index in [0.29, 0.717) is 12.1 Å². The van der Waals surface area contributed by atoms with Gasteiger partial charge in [0.15, 0.2) is 0 Å². The Balaban J connectivity index is 2.11. The van der Waals surface area contributed by atoms with Crippen LogP contribution in [-0.4, -0.2) is 22.2 Å². The largest absolute Gasteiger partial charge is 0.387 e. The van der Waals surface area contributed by atoms with Crippen molar-refractivity contribution >= 4 is 21.8 Å². The molecule has 1 atom stereocenters. The van der Waals surface area contributed by atoms with Crippen LogP contribution in [0.5, 0.6) is 0 Å². The Bertz CT molecular complexity index is 817. The van der Waals surface area contributed by atoms with Gasteiger partial charge >= 0.3 is 0 Å². The molecule has 4 heteroatoms. The van der Waals surface area contributed by atoms with Crippen LogP contribution in [0, 0.1) is 5.82 Å². The first-order valence-electron chi connectivity index (χ1n) is 7.49. The highest BCUT2D eigenvalue weighted by Gasteiger charge is 2.19. The monoisotopic (exact) mass is 300 g/mol. The molecule has 3 rings (SSSR count). The molecule has 3 nitrogen and oxygen atoms in total. The number of para-hydroxylation sites is 1. The number of nitrogens with one attached hydrogen (secondary N) is 2. The number of halogens is 1. The molecule has 0 aliphatic rings. The van der Waals surface area contributed by atoms with E-state index in [-0.39, 0.29) is 11.4 Å². The van der Waals surface area contributed by atoms with E-state index < -0.39 is 6.10 Å². The molecule has 0 fully saturated rings. The van der Waals surface area contributed by atoms with E-state index in [2.05, 4.69) is 10.3 Å². The van der Waals surface area contributed by atoms with Gasteiger partial charge in [0.1, 0.15) is 5.82 Å². The molecule has 1 heterocycles. The number of aliphatic hydroxyl groups is 1. The quantitative estimate of drug-likeness (QED) is 0.687. The SMILES string of the molecule is CC(C)(C)NC[C@H](O)c1ccc(F)c2[nH]c3ccccc3c12. The van der Waals surface area contributed by atoms with E-state index in [9.17, 15) is 9.50 Å². The molecule has 0 amide bonds. The summed E-state index contributed by atoms with van der Waals surface area (Å²) >= 11 is 0. The fraction of sp³-hybridized carbons (Fsp3) is 0.333. The maximum atomic E-state index is 14.1. The molecule has 2 aromatic carbocycles. The molecule has 0 aliphatic heterocycles. The van der Waals surface area contributed by atoms with E-state index in [1.54, 1.807) is 6.07 Å². The molecular formula is C18H21FN2O. The number of aliphatic hydroxyl groups excluding tert-OH is 1. The van der Waals surface area contributed by atoms with Crippen LogP contribution in [0.25, 0.3) is 21.8 Å². The second-order valence-corrected chi connectivity index (χ2v) is 6.70. The lowest BCUT2D eigenvalue weighted by molar-refractivity contribution is 0.164. The zero-order chi connectivity index (χ0) is 15.9. The van der Waals surface area contributed by atoms with E-state index in [0.717, 1.165) is 21.9 Å². The average Bonchev–Trinajstić information content (AvgIpc) is 2.85. The maximum Gasteiger partial charge on any atom is 0.147 e. The summed E-state index contributed by atoms with van der Waals surface area (Å²) in [5, 5.41) is 15.5. The van der Waals surface area contributed by atoms with Crippen molar-refractivity contribution in [1.29, 1.82) is 0 Å². The van der Waals surface area contributed by atoms with E-state index in [4.69, 9.17) is 0 Å². The normalized spacial score (nSPS) is 13.9. The summed E-state index contributed by atoms with van der Waals surface area (Å²) < 4.78 is 14.1. The van der Waals surface area contributed by atoms with Crippen LogP contribution in [0.15, 0.2) is 36.4 Å². The first kappa shape index (κ1) is 15.0. The summed E-state index contributed by atoms with van der Waals surface area (Å²) in [6, 6.07) is 10.8. The number of benzene rings is 2. The van der Waals surface area contributed by atoms with Crippen molar-refractivity contribution in [3.63, 3.8) is 0 Å². The van der Waals surface area contributed by atoms with Gasteiger partial charge in [0.25, 0.3) is 0 Å². The first-order chi connectivity index (χ1) is 10.4. The van der Waals surface area contributed by atoms with Crippen LogP contribution < -0.4 is 5.32 Å². The Morgan fingerprint density at radius 3 is 2.64 bits per heavy atom. The molecule has 0 aliphatic carbocycles. The summed E-state index contributed by atoms with van der Waals surface area (Å²) in [5.74, 6) is -0.300. The summed E-state index contributed by atoms with van der Waals surface area (Å²) in [5.41, 5.74) is 1.99. The Morgan fingerprint density at radius 2 is 1.91 bits per heavy atom. The Morgan fingerprint density at radius 1 is 1.18 bits per heavy atom. The van der Waals surface area contributed by atoms with Crippen molar-refractivity contribution in [3.05, 3.63) is 47.8 Å². The predicted molar refractivity (Wildman–Crippen MR) is 88.5 cm³/mol. The molecule has 0 saturated heterocycles. The van der Waals surface area contributed by atoms with E-state index >= 15 is 0 Å². The second kappa shape index (κ2) is 5.38. The highest BCUT2D eigenvalue weighted by molar-refractivity contribution is 6.09. The first-order valence-corrected chi connectivity index (χ1v) is 7.49. The number of β-amino-alcohol motifs (C(OH)–C–C–N with tert-alkyl or cyclic N) is 1. The molecule has 3 aromatic rings. The smallest absolute Gasteiger partial charge is 0.147 e. The summed E-state index contributed by atoms with van der Waals surface area (Å²) in [6.07, 6.45) is -0.693. The minimum Gasteiger partial charge on any atom is -0.387 e. The second-order valence-electron chi connectivity index (χ2n) is 6.70. The average molecular weight is 300 g/mol. The van der Waals surface area contributed by atoms with E-state index in [1.807, 2.05) is 45.0 Å². The van der Waals surface area contributed by atoms with Gasteiger partial charge < -0.3 is 15.4 Å². The lowest BCUT2D eigenvalue weighted by atomic mass is 10.0. The van der Waals surface area contributed by atoms with Crippen molar-refractivity contribution in [1.82, 2.24) is 10.3 Å². The van der Waals surface area contributed by atoms with Crippen molar-refractivity contribution in [2.75, 3.05) is 6.54 Å². The third-order valence-electron chi connectivity index (χ3n) is 3.83. The molecule has 0 saturated carbocycles. The van der Waals surface area contributed by atoms with Gasteiger partial charge in [-0.15, -0.1) is 0 Å². The molecule has 0 bridgehead atoms.